The number of amides is 1. The normalized spacial score (nSPS) is 34.5. The van der Waals surface area contributed by atoms with Gasteiger partial charge in [0, 0.05) is 0 Å². The highest BCUT2D eigenvalue weighted by Crippen LogP contribution is 2.37. The van der Waals surface area contributed by atoms with Crippen molar-refractivity contribution >= 4 is 5.91 Å². The predicted octanol–water partition coefficient (Wildman–Crippen LogP) is 0.650. The Kier molecular flexibility index (Phi) is 3.46. The van der Waals surface area contributed by atoms with Gasteiger partial charge in [0.1, 0.15) is 0 Å². The summed E-state index contributed by atoms with van der Waals surface area (Å²) in [5, 5.41) is 15.9. The lowest BCUT2D eigenvalue weighted by molar-refractivity contribution is -0.126. The minimum absolute atomic E-state index is 0.0466. The summed E-state index contributed by atoms with van der Waals surface area (Å²) >= 11 is 0. The maximum atomic E-state index is 12.2. The average molecular weight is 240 g/mol. The minimum Gasteiger partial charge on any atom is -0.391 e. The Balaban J connectivity index is 1.97. The molecule has 2 rings (SSSR count). The molecule has 1 saturated carbocycles. The largest absolute Gasteiger partial charge is 0.391 e. The number of hydrogen-bond donors (Lipinski definition) is 3. The first-order chi connectivity index (χ1) is 7.92. The van der Waals surface area contributed by atoms with Crippen LogP contribution in [-0.4, -0.2) is 35.2 Å². The molecule has 4 atom stereocenters. The third-order valence-electron chi connectivity index (χ3n) is 4.52. The number of aliphatic hydroxyl groups is 1. The summed E-state index contributed by atoms with van der Waals surface area (Å²) in [6, 6.07) is -0.0551. The second-order valence-electron chi connectivity index (χ2n) is 6.13. The molecule has 98 valence electrons. The van der Waals surface area contributed by atoms with Gasteiger partial charge in [-0.05, 0) is 52.0 Å². The molecule has 2 fully saturated rings. The molecular weight excluding hydrogens is 216 g/mol. The van der Waals surface area contributed by atoms with Crippen LogP contribution in [0, 0.1) is 11.8 Å². The van der Waals surface area contributed by atoms with Crippen LogP contribution in [0.15, 0.2) is 0 Å². The van der Waals surface area contributed by atoms with E-state index in [1.165, 1.54) is 12.8 Å². The Bertz CT molecular complexity index is 302. The number of aliphatic hydroxyl groups excluding tert-OH is 1. The quantitative estimate of drug-likeness (QED) is 0.679. The van der Waals surface area contributed by atoms with Gasteiger partial charge in [-0.3, -0.25) is 4.79 Å². The van der Waals surface area contributed by atoms with E-state index >= 15 is 0 Å². The molecule has 0 aromatic rings. The molecule has 0 bridgehead atoms. The van der Waals surface area contributed by atoms with Crippen molar-refractivity contribution in [2.75, 3.05) is 6.54 Å². The summed E-state index contributed by atoms with van der Waals surface area (Å²) in [4.78, 5) is 12.2. The van der Waals surface area contributed by atoms with Gasteiger partial charge < -0.3 is 15.7 Å². The lowest BCUT2D eigenvalue weighted by Gasteiger charge is -2.31. The monoisotopic (exact) mass is 240 g/mol. The van der Waals surface area contributed by atoms with Crippen molar-refractivity contribution in [3.8, 4) is 0 Å². The van der Waals surface area contributed by atoms with Crippen LogP contribution in [0.4, 0.5) is 0 Å². The molecule has 1 aliphatic heterocycles. The van der Waals surface area contributed by atoms with Crippen LogP contribution in [0.1, 0.15) is 40.0 Å². The van der Waals surface area contributed by atoms with Crippen LogP contribution in [0.3, 0.4) is 0 Å². The molecule has 4 nitrogen and oxygen atoms in total. The standard InChI is InChI=1S/C13H24N2O2/c1-8(16)13(2,3)15-12(17)11-10-6-4-5-9(10)7-14-11/h8-11,14,16H,4-7H2,1-3H3,(H,15,17). The van der Waals surface area contributed by atoms with E-state index in [1.54, 1.807) is 6.92 Å². The van der Waals surface area contributed by atoms with Crippen LogP contribution in [0.25, 0.3) is 0 Å². The first-order valence-electron chi connectivity index (χ1n) is 6.65. The van der Waals surface area contributed by atoms with Crippen molar-refractivity contribution in [2.24, 2.45) is 11.8 Å². The van der Waals surface area contributed by atoms with Crippen LogP contribution >= 0.6 is 0 Å². The number of fused-ring (bicyclic) bond motifs is 1. The van der Waals surface area contributed by atoms with Crippen molar-refractivity contribution in [3.05, 3.63) is 0 Å². The Hall–Kier alpha value is -0.610. The third kappa shape index (κ3) is 2.47. The zero-order valence-electron chi connectivity index (χ0n) is 11.0. The summed E-state index contributed by atoms with van der Waals surface area (Å²) in [5.74, 6) is 1.23. The molecule has 1 aliphatic carbocycles. The van der Waals surface area contributed by atoms with E-state index in [4.69, 9.17) is 0 Å². The molecule has 0 radical (unpaired) electrons. The number of carbonyl (C=O) groups excluding carboxylic acids is 1. The van der Waals surface area contributed by atoms with Gasteiger partial charge in [-0.2, -0.15) is 0 Å². The maximum absolute atomic E-state index is 12.2. The smallest absolute Gasteiger partial charge is 0.237 e. The predicted molar refractivity (Wildman–Crippen MR) is 66.5 cm³/mol. The number of rotatable bonds is 3. The van der Waals surface area contributed by atoms with E-state index in [2.05, 4.69) is 10.6 Å². The van der Waals surface area contributed by atoms with E-state index in [0.29, 0.717) is 11.8 Å². The summed E-state index contributed by atoms with van der Waals surface area (Å²) < 4.78 is 0. The maximum Gasteiger partial charge on any atom is 0.237 e. The summed E-state index contributed by atoms with van der Waals surface area (Å²) in [6.07, 6.45) is 3.11. The van der Waals surface area contributed by atoms with Gasteiger partial charge in [-0.25, -0.2) is 0 Å². The van der Waals surface area contributed by atoms with Crippen molar-refractivity contribution < 1.29 is 9.90 Å². The highest BCUT2D eigenvalue weighted by molar-refractivity contribution is 5.83. The first kappa shape index (κ1) is 12.8. The number of carbonyl (C=O) groups is 1. The van der Waals surface area contributed by atoms with Crippen molar-refractivity contribution in [3.63, 3.8) is 0 Å². The van der Waals surface area contributed by atoms with E-state index in [1.807, 2.05) is 13.8 Å². The van der Waals surface area contributed by atoms with Crippen molar-refractivity contribution in [1.29, 1.82) is 0 Å². The van der Waals surface area contributed by atoms with Gasteiger partial charge in [0.15, 0.2) is 0 Å². The molecule has 0 aromatic heterocycles. The molecule has 1 amide bonds. The molecule has 1 heterocycles. The van der Waals surface area contributed by atoms with Crippen LogP contribution in [0.2, 0.25) is 0 Å². The van der Waals surface area contributed by atoms with Crippen molar-refractivity contribution in [1.82, 2.24) is 10.6 Å². The topological polar surface area (TPSA) is 61.4 Å². The van der Waals surface area contributed by atoms with Gasteiger partial charge in [0.05, 0.1) is 17.7 Å². The zero-order valence-corrected chi connectivity index (χ0v) is 11.0. The van der Waals surface area contributed by atoms with Crippen LogP contribution in [0.5, 0.6) is 0 Å². The fourth-order valence-corrected chi connectivity index (χ4v) is 2.97. The second-order valence-corrected chi connectivity index (χ2v) is 6.13. The molecule has 2 aliphatic rings. The van der Waals surface area contributed by atoms with Crippen LogP contribution < -0.4 is 10.6 Å². The Morgan fingerprint density at radius 1 is 1.47 bits per heavy atom. The summed E-state index contributed by atoms with van der Waals surface area (Å²) in [7, 11) is 0. The van der Waals surface area contributed by atoms with E-state index in [9.17, 15) is 9.90 Å². The molecule has 0 aromatic carbocycles. The Labute approximate surface area is 103 Å². The average Bonchev–Trinajstić information content (AvgIpc) is 2.75. The van der Waals surface area contributed by atoms with Crippen LogP contribution in [-0.2, 0) is 4.79 Å². The molecule has 1 saturated heterocycles. The van der Waals surface area contributed by atoms with Gasteiger partial charge in [0.2, 0.25) is 5.91 Å². The van der Waals surface area contributed by atoms with Gasteiger partial charge in [-0.1, -0.05) is 6.42 Å². The second kappa shape index (κ2) is 4.58. The van der Waals surface area contributed by atoms with E-state index < -0.39 is 11.6 Å². The highest BCUT2D eigenvalue weighted by Gasteiger charge is 2.43. The van der Waals surface area contributed by atoms with E-state index in [0.717, 1.165) is 13.0 Å². The molecule has 4 unspecified atom stereocenters. The summed E-state index contributed by atoms with van der Waals surface area (Å²) in [6.45, 7) is 6.39. The fraction of sp³-hybridized carbons (Fsp3) is 0.923. The van der Waals surface area contributed by atoms with Gasteiger partial charge >= 0.3 is 0 Å². The Morgan fingerprint density at radius 2 is 2.18 bits per heavy atom. The van der Waals surface area contributed by atoms with Gasteiger partial charge in [0.25, 0.3) is 0 Å². The fourth-order valence-electron chi connectivity index (χ4n) is 2.97. The molecule has 17 heavy (non-hydrogen) atoms. The molecule has 4 heteroatoms. The number of nitrogens with one attached hydrogen (secondary N) is 2. The lowest BCUT2D eigenvalue weighted by Crippen LogP contribution is -2.56. The van der Waals surface area contributed by atoms with E-state index in [-0.39, 0.29) is 11.9 Å². The first-order valence-corrected chi connectivity index (χ1v) is 6.65. The molecular formula is C13H24N2O2. The highest BCUT2D eigenvalue weighted by atomic mass is 16.3. The van der Waals surface area contributed by atoms with Crippen molar-refractivity contribution in [2.45, 2.75) is 57.7 Å². The lowest BCUT2D eigenvalue weighted by atomic mass is 9.92. The summed E-state index contributed by atoms with van der Waals surface area (Å²) in [5.41, 5.74) is -0.560. The minimum atomic E-state index is -0.560. The molecule has 3 N–H and O–H groups in total. The third-order valence-corrected chi connectivity index (χ3v) is 4.52. The zero-order chi connectivity index (χ0) is 12.6. The SMILES string of the molecule is CC(O)C(C)(C)NC(=O)C1NCC2CCCC21. The number of hydrogen-bond acceptors (Lipinski definition) is 3. The van der Waals surface area contributed by atoms with Gasteiger partial charge in [-0.15, -0.1) is 0 Å². The molecule has 0 spiro atoms. The Morgan fingerprint density at radius 3 is 2.82 bits per heavy atom.